The molecule has 1 aromatic rings. The van der Waals surface area contributed by atoms with Gasteiger partial charge >= 0.3 is 11.9 Å². The number of carbonyl (C=O) groups excluding carboxylic acids is 1. The minimum atomic E-state index is -1.37. The van der Waals surface area contributed by atoms with E-state index in [0.717, 1.165) is 25.7 Å². The van der Waals surface area contributed by atoms with Crippen LogP contribution in [0.1, 0.15) is 81.1 Å². The fourth-order valence-electron chi connectivity index (χ4n) is 7.89. The van der Waals surface area contributed by atoms with Gasteiger partial charge in [-0.25, -0.2) is 0 Å². The lowest BCUT2D eigenvalue weighted by Gasteiger charge is -2.63. The first-order valence-electron chi connectivity index (χ1n) is 13.9. The van der Waals surface area contributed by atoms with Crippen molar-refractivity contribution >= 4 is 11.9 Å². The molecule has 0 aromatic heterocycles. The number of nitrogens with zero attached hydrogens (tertiary/aromatic N) is 2. The van der Waals surface area contributed by atoms with E-state index in [2.05, 4.69) is 85.9 Å². The minimum absolute atomic E-state index is 0.0781. The van der Waals surface area contributed by atoms with Crippen LogP contribution in [0.15, 0.2) is 43.0 Å². The van der Waals surface area contributed by atoms with Crippen LogP contribution in [0.3, 0.4) is 0 Å². The Kier molecular flexibility index (Phi) is 8.06. The molecule has 0 spiro atoms. The van der Waals surface area contributed by atoms with Gasteiger partial charge in [0.15, 0.2) is 5.92 Å². The number of ether oxygens (including phenoxy) is 1. The predicted octanol–water partition coefficient (Wildman–Crippen LogP) is 6.26. The molecule has 212 valence electrons. The predicted molar refractivity (Wildman–Crippen MR) is 153 cm³/mol. The number of carboxylic acid groups (broad SMARTS) is 1. The summed E-state index contributed by atoms with van der Waals surface area (Å²) in [6, 6.07) is 8.78. The Morgan fingerprint density at radius 3 is 1.55 bits per heavy atom. The molecule has 2 aliphatic heterocycles. The van der Waals surface area contributed by atoms with Crippen molar-refractivity contribution in [2.75, 3.05) is 14.1 Å². The van der Waals surface area contributed by atoms with Crippen molar-refractivity contribution in [2.24, 2.45) is 23.2 Å². The van der Waals surface area contributed by atoms with Crippen molar-refractivity contribution in [3.63, 3.8) is 0 Å². The second-order valence-corrected chi connectivity index (χ2v) is 14.3. The van der Waals surface area contributed by atoms with Gasteiger partial charge in [0.1, 0.15) is 5.75 Å². The van der Waals surface area contributed by atoms with Gasteiger partial charge in [0.25, 0.3) is 0 Å². The van der Waals surface area contributed by atoms with Gasteiger partial charge < -0.3 is 9.84 Å². The molecule has 2 fully saturated rings. The van der Waals surface area contributed by atoms with E-state index >= 15 is 0 Å². The van der Waals surface area contributed by atoms with E-state index < -0.39 is 23.3 Å². The maximum atomic E-state index is 13.9. The Balaban J connectivity index is 2.24. The molecule has 0 bridgehead atoms. The molecule has 1 atom stereocenters. The fourth-order valence-corrected chi connectivity index (χ4v) is 7.89. The van der Waals surface area contributed by atoms with Crippen LogP contribution in [0.2, 0.25) is 0 Å². The number of carbonyl (C=O) groups is 2. The highest BCUT2D eigenvalue weighted by molar-refractivity contribution is 5.96. The number of carboxylic acids is 1. The first-order chi connectivity index (χ1) is 17.3. The van der Waals surface area contributed by atoms with Crippen LogP contribution in [-0.2, 0) is 9.59 Å². The Morgan fingerprint density at radius 1 is 0.868 bits per heavy atom. The average molecular weight is 527 g/mol. The van der Waals surface area contributed by atoms with Crippen LogP contribution >= 0.6 is 0 Å². The molecule has 3 rings (SSSR count). The van der Waals surface area contributed by atoms with Crippen LogP contribution in [0.4, 0.5) is 0 Å². The first kappa shape index (κ1) is 30.4. The van der Waals surface area contributed by atoms with E-state index in [0.29, 0.717) is 5.75 Å². The fraction of sp³-hybridized carbons (Fsp3) is 0.688. The molecule has 1 unspecified atom stereocenters. The van der Waals surface area contributed by atoms with E-state index in [1.54, 1.807) is 24.3 Å². The average Bonchev–Trinajstić information content (AvgIpc) is 2.78. The maximum Gasteiger partial charge on any atom is 0.326 e. The summed E-state index contributed by atoms with van der Waals surface area (Å²) in [4.78, 5) is 32.0. The second-order valence-electron chi connectivity index (χ2n) is 14.3. The lowest BCUT2D eigenvalue weighted by Crippen LogP contribution is -2.66. The van der Waals surface area contributed by atoms with E-state index in [1.165, 1.54) is 0 Å². The summed E-state index contributed by atoms with van der Waals surface area (Å²) in [5.41, 5.74) is -1.76. The number of likely N-dealkylation sites (tertiary alicyclic amines) is 2. The van der Waals surface area contributed by atoms with Gasteiger partial charge in [-0.2, -0.15) is 0 Å². The number of hydrogen-bond acceptors (Lipinski definition) is 5. The molecular weight excluding hydrogens is 476 g/mol. The van der Waals surface area contributed by atoms with Crippen molar-refractivity contribution in [1.82, 2.24) is 9.80 Å². The topological polar surface area (TPSA) is 70.1 Å². The summed E-state index contributed by atoms with van der Waals surface area (Å²) in [6.45, 7) is 22.0. The van der Waals surface area contributed by atoms with Crippen LogP contribution in [-0.4, -0.2) is 63.1 Å². The van der Waals surface area contributed by atoms with Gasteiger partial charge in [-0.05, 0) is 119 Å². The summed E-state index contributed by atoms with van der Waals surface area (Å²) in [7, 11) is 4.29. The van der Waals surface area contributed by atoms with Gasteiger partial charge in [-0.1, -0.05) is 24.3 Å². The minimum Gasteiger partial charge on any atom is -0.481 e. The number of esters is 1. The second kappa shape index (κ2) is 10.1. The molecule has 38 heavy (non-hydrogen) atoms. The van der Waals surface area contributed by atoms with Gasteiger partial charge in [0.2, 0.25) is 0 Å². The Bertz CT molecular complexity index is 965. The maximum absolute atomic E-state index is 13.9. The van der Waals surface area contributed by atoms with Crippen molar-refractivity contribution in [2.45, 2.75) is 103 Å². The smallest absolute Gasteiger partial charge is 0.326 e. The number of piperidine rings is 2. The quantitative estimate of drug-likeness (QED) is 0.196. The van der Waals surface area contributed by atoms with E-state index in [-0.39, 0.29) is 34.0 Å². The first-order valence-corrected chi connectivity index (χ1v) is 13.9. The third-order valence-electron chi connectivity index (χ3n) is 10.3. The largest absolute Gasteiger partial charge is 0.481 e. The van der Waals surface area contributed by atoms with Crippen molar-refractivity contribution in [3.05, 3.63) is 43.0 Å². The molecule has 1 N–H and O–H groups in total. The third kappa shape index (κ3) is 5.31. The lowest BCUT2D eigenvalue weighted by molar-refractivity contribution is -0.173. The van der Waals surface area contributed by atoms with Crippen molar-refractivity contribution in [1.29, 1.82) is 0 Å². The van der Waals surface area contributed by atoms with Crippen LogP contribution in [0.25, 0.3) is 0 Å². The summed E-state index contributed by atoms with van der Waals surface area (Å²) in [6.07, 6.45) is 4.87. The Labute approximate surface area is 230 Å². The zero-order valence-corrected chi connectivity index (χ0v) is 25.3. The van der Waals surface area contributed by atoms with Crippen LogP contribution < -0.4 is 4.74 Å². The third-order valence-corrected chi connectivity index (χ3v) is 10.3. The summed E-state index contributed by atoms with van der Waals surface area (Å²) >= 11 is 0. The summed E-state index contributed by atoms with van der Waals surface area (Å²) in [5.74, 6) is -3.03. The molecule has 6 heteroatoms. The molecule has 2 aliphatic rings. The molecule has 0 saturated carbocycles. The van der Waals surface area contributed by atoms with Crippen molar-refractivity contribution < 1.29 is 19.4 Å². The molecule has 1 aromatic carbocycles. The zero-order valence-electron chi connectivity index (χ0n) is 25.3. The summed E-state index contributed by atoms with van der Waals surface area (Å²) < 4.78 is 5.79. The Morgan fingerprint density at radius 2 is 1.24 bits per heavy atom. The number of hydrogen-bond donors (Lipinski definition) is 1. The number of para-hydroxylation sites is 1. The highest BCUT2D eigenvalue weighted by Gasteiger charge is 2.62. The van der Waals surface area contributed by atoms with Crippen molar-refractivity contribution in [3.8, 4) is 5.75 Å². The summed E-state index contributed by atoms with van der Waals surface area (Å²) in [5, 5.41) is 10.8. The number of allylic oxidation sites excluding steroid dienone is 1. The van der Waals surface area contributed by atoms with Crippen LogP contribution in [0, 0.1) is 23.2 Å². The lowest BCUT2D eigenvalue weighted by atomic mass is 9.49. The number of benzene rings is 1. The standard InChI is InChI=1S/C32H50N2O4/c1-12-32(22-18-28(2,3)33(10)29(4,5)19-22,23-20-30(6,7)34(11)31(8,9)21-23)25(26(35)36)27(37)38-24-16-14-13-15-17-24/h12-17,22-23,25H,1,18-21H2,2-11H3,(H,35,36). The number of rotatable bonds is 7. The molecule has 0 amide bonds. The number of aliphatic carboxylic acids is 1. The molecule has 6 nitrogen and oxygen atoms in total. The van der Waals surface area contributed by atoms with Gasteiger partial charge in [0, 0.05) is 27.6 Å². The molecule has 2 saturated heterocycles. The van der Waals surface area contributed by atoms with E-state index in [1.807, 2.05) is 12.1 Å². The monoisotopic (exact) mass is 526 g/mol. The molecule has 0 aliphatic carbocycles. The van der Waals surface area contributed by atoms with E-state index in [9.17, 15) is 14.7 Å². The van der Waals surface area contributed by atoms with E-state index in [4.69, 9.17) is 4.74 Å². The highest BCUT2D eigenvalue weighted by atomic mass is 16.5. The molecule has 0 radical (unpaired) electrons. The van der Waals surface area contributed by atoms with Crippen LogP contribution in [0.5, 0.6) is 5.75 Å². The molecule has 2 heterocycles. The molecular formula is C32H50N2O4. The SMILES string of the molecule is C=CC(C1CC(C)(C)N(C)C(C)(C)C1)(C1CC(C)(C)N(C)C(C)(C)C1)C(C(=O)O)C(=O)Oc1ccccc1. The van der Waals surface area contributed by atoms with Gasteiger partial charge in [-0.3, -0.25) is 19.4 Å². The Hall–Kier alpha value is -2.18. The zero-order chi connectivity index (χ0) is 28.9. The van der Waals surface area contributed by atoms with Gasteiger partial charge in [-0.15, -0.1) is 6.58 Å². The normalized spacial score (nSPS) is 24.9. The highest BCUT2D eigenvalue weighted by Crippen LogP contribution is 2.59. The van der Waals surface area contributed by atoms with Gasteiger partial charge in [0.05, 0.1) is 0 Å².